The number of thiazole rings is 1. The van der Waals surface area contributed by atoms with Gasteiger partial charge in [0, 0.05) is 54.4 Å². The van der Waals surface area contributed by atoms with Crippen LogP contribution in [0.2, 0.25) is 5.02 Å². The Balaban J connectivity index is 1.36. The number of nitrogens with one attached hydrogen (secondary N) is 2. The molecule has 1 aromatic heterocycles. The van der Waals surface area contributed by atoms with Gasteiger partial charge in [-0.25, -0.2) is 14.2 Å². The fraction of sp³-hybridized carbons (Fsp3) is 0.233. The minimum atomic E-state index is -0.596. The summed E-state index contributed by atoms with van der Waals surface area (Å²) in [6.45, 7) is 5.99. The van der Waals surface area contributed by atoms with Crippen LogP contribution in [0.3, 0.4) is 0 Å². The van der Waals surface area contributed by atoms with Gasteiger partial charge in [-0.1, -0.05) is 23.7 Å². The van der Waals surface area contributed by atoms with Gasteiger partial charge in [-0.3, -0.25) is 4.79 Å². The topological polar surface area (TPSA) is 86.8 Å². The number of hydrogen-bond acceptors (Lipinski definition) is 8. The van der Waals surface area contributed by atoms with Crippen molar-refractivity contribution in [1.82, 2.24) is 9.88 Å². The first-order chi connectivity index (χ1) is 19.8. The summed E-state index contributed by atoms with van der Waals surface area (Å²) < 4.78 is 18.8. The number of nitrogens with zero attached hydrogens (tertiary/aromatic N) is 3. The molecule has 1 aliphatic heterocycles. The first kappa shape index (κ1) is 28.5. The third-order valence-electron chi connectivity index (χ3n) is 6.64. The van der Waals surface area contributed by atoms with E-state index in [0.717, 1.165) is 43.6 Å². The van der Waals surface area contributed by atoms with Crippen molar-refractivity contribution in [2.24, 2.45) is 0 Å². The van der Waals surface area contributed by atoms with E-state index in [2.05, 4.69) is 39.6 Å². The maximum atomic E-state index is 13.5. The van der Waals surface area contributed by atoms with Crippen molar-refractivity contribution in [3.63, 3.8) is 0 Å². The molecule has 212 valence electrons. The zero-order valence-corrected chi connectivity index (χ0v) is 24.2. The van der Waals surface area contributed by atoms with Crippen molar-refractivity contribution < 1.29 is 18.7 Å². The third kappa shape index (κ3) is 6.84. The molecule has 3 aromatic carbocycles. The van der Waals surface area contributed by atoms with E-state index in [9.17, 15) is 14.0 Å². The fourth-order valence-electron chi connectivity index (χ4n) is 4.39. The number of hydrogen-bond donors (Lipinski definition) is 2. The summed E-state index contributed by atoms with van der Waals surface area (Å²) in [4.78, 5) is 35.2. The molecule has 0 spiro atoms. The van der Waals surface area contributed by atoms with Crippen LogP contribution in [0.25, 0.3) is 10.6 Å². The number of halogens is 2. The molecule has 0 bridgehead atoms. The minimum Gasteiger partial charge on any atom is -0.462 e. The maximum absolute atomic E-state index is 13.5. The van der Waals surface area contributed by atoms with E-state index in [0.29, 0.717) is 27.0 Å². The molecule has 0 saturated carbocycles. The van der Waals surface area contributed by atoms with Gasteiger partial charge in [-0.15, -0.1) is 11.3 Å². The van der Waals surface area contributed by atoms with Crippen LogP contribution in [0.5, 0.6) is 0 Å². The zero-order chi connectivity index (χ0) is 28.9. The highest BCUT2D eigenvalue weighted by Crippen LogP contribution is 2.35. The number of amides is 1. The number of likely N-dealkylation sites (N-methyl/N-ethyl adjacent to an activating group) is 1. The smallest absolute Gasteiger partial charge is 0.352 e. The Labute approximate surface area is 246 Å². The largest absolute Gasteiger partial charge is 0.462 e. The zero-order valence-electron chi connectivity index (χ0n) is 22.6. The molecule has 1 aliphatic rings. The number of anilines is 4. The Morgan fingerprint density at radius 2 is 1.78 bits per heavy atom. The van der Waals surface area contributed by atoms with Crippen LogP contribution in [0.4, 0.5) is 27.3 Å². The molecule has 11 heteroatoms. The van der Waals surface area contributed by atoms with Gasteiger partial charge in [0.15, 0.2) is 10.7 Å². The summed E-state index contributed by atoms with van der Waals surface area (Å²) in [6, 6.07) is 19.0. The molecule has 0 unspecified atom stereocenters. The lowest BCUT2D eigenvalue weighted by Crippen LogP contribution is -2.44. The van der Waals surface area contributed by atoms with Gasteiger partial charge >= 0.3 is 5.97 Å². The van der Waals surface area contributed by atoms with E-state index in [-0.39, 0.29) is 17.2 Å². The SMILES string of the molecule is CCOC(=O)c1sc(-c2cccc(NC(=O)c3ccc(F)c(Cl)c3)c2)nc1Nc1ccc(N2CCN(C)CC2)cc1. The van der Waals surface area contributed by atoms with Crippen LogP contribution in [0.15, 0.2) is 66.7 Å². The van der Waals surface area contributed by atoms with E-state index in [1.807, 2.05) is 18.2 Å². The molecule has 2 N–H and O–H groups in total. The van der Waals surface area contributed by atoms with Crippen molar-refractivity contribution in [1.29, 1.82) is 0 Å². The number of carbonyl (C=O) groups is 2. The molecule has 2 heterocycles. The van der Waals surface area contributed by atoms with E-state index in [1.54, 1.807) is 25.1 Å². The summed E-state index contributed by atoms with van der Waals surface area (Å²) in [5.41, 5.74) is 3.38. The molecule has 1 amide bonds. The predicted octanol–water partition coefficient (Wildman–Crippen LogP) is 6.53. The van der Waals surface area contributed by atoms with Crippen LogP contribution in [0, 0.1) is 5.82 Å². The van der Waals surface area contributed by atoms with Gasteiger partial charge < -0.3 is 25.2 Å². The Kier molecular flexibility index (Phi) is 8.82. The Bertz CT molecular complexity index is 1550. The van der Waals surface area contributed by atoms with Gasteiger partial charge in [-0.2, -0.15) is 0 Å². The molecule has 1 saturated heterocycles. The summed E-state index contributed by atoms with van der Waals surface area (Å²) in [6.07, 6.45) is 0. The quantitative estimate of drug-likeness (QED) is 0.225. The summed E-state index contributed by atoms with van der Waals surface area (Å²) in [7, 11) is 2.13. The van der Waals surface area contributed by atoms with Gasteiger partial charge in [0.25, 0.3) is 5.91 Å². The summed E-state index contributed by atoms with van der Waals surface area (Å²) in [5, 5.41) is 6.52. The average Bonchev–Trinajstić information content (AvgIpc) is 3.39. The van der Waals surface area contributed by atoms with Crippen LogP contribution >= 0.6 is 22.9 Å². The van der Waals surface area contributed by atoms with E-state index in [1.165, 1.54) is 23.5 Å². The second-order valence-corrected chi connectivity index (χ2v) is 10.9. The molecule has 4 aromatic rings. The van der Waals surface area contributed by atoms with Crippen LogP contribution < -0.4 is 15.5 Å². The molecule has 8 nitrogen and oxygen atoms in total. The first-order valence-electron chi connectivity index (χ1n) is 13.2. The van der Waals surface area contributed by atoms with Crippen LogP contribution in [0.1, 0.15) is 27.0 Å². The van der Waals surface area contributed by atoms with Crippen molar-refractivity contribution in [3.8, 4) is 10.6 Å². The van der Waals surface area contributed by atoms with Crippen molar-refractivity contribution >= 4 is 57.7 Å². The molecule has 5 rings (SSSR count). The Morgan fingerprint density at radius 3 is 2.49 bits per heavy atom. The minimum absolute atomic E-state index is 0.130. The van der Waals surface area contributed by atoms with Crippen LogP contribution in [-0.2, 0) is 4.74 Å². The number of carbonyl (C=O) groups excluding carboxylic acids is 2. The highest BCUT2D eigenvalue weighted by molar-refractivity contribution is 7.17. The molecular weight excluding hydrogens is 565 g/mol. The normalized spacial score (nSPS) is 13.6. The van der Waals surface area contributed by atoms with Gasteiger partial charge in [-0.05, 0) is 68.6 Å². The first-order valence-corrected chi connectivity index (χ1v) is 14.4. The summed E-state index contributed by atoms with van der Waals surface area (Å²) in [5.74, 6) is -1.10. The van der Waals surface area contributed by atoms with Crippen molar-refractivity contribution in [2.75, 3.05) is 55.4 Å². The highest BCUT2D eigenvalue weighted by atomic mass is 35.5. The van der Waals surface area contributed by atoms with Gasteiger partial charge in [0.2, 0.25) is 0 Å². The Hall–Kier alpha value is -3.99. The molecule has 0 aliphatic carbocycles. The number of esters is 1. The van der Waals surface area contributed by atoms with Crippen LogP contribution in [-0.4, -0.2) is 61.6 Å². The fourth-order valence-corrected chi connectivity index (χ4v) is 5.48. The van der Waals surface area contributed by atoms with Crippen molar-refractivity contribution in [2.45, 2.75) is 6.92 Å². The van der Waals surface area contributed by atoms with E-state index < -0.39 is 17.7 Å². The lowest BCUT2D eigenvalue weighted by molar-refractivity contribution is 0.0533. The van der Waals surface area contributed by atoms with Crippen molar-refractivity contribution in [3.05, 3.63) is 88.0 Å². The van der Waals surface area contributed by atoms with Gasteiger partial charge in [0.05, 0.1) is 11.6 Å². The summed E-state index contributed by atoms with van der Waals surface area (Å²) >= 11 is 7.03. The second kappa shape index (κ2) is 12.7. The molecule has 41 heavy (non-hydrogen) atoms. The number of aromatic nitrogens is 1. The number of piperazine rings is 1. The lowest BCUT2D eigenvalue weighted by atomic mass is 10.1. The number of ether oxygens (including phenoxy) is 1. The lowest BCUT2D eigenvalue weighted by Gasteiger charge is -2.34. The highest BCUT2D eigenvalue weighted by Gasteiger charge is 2.21. The molecule has 0 atom stereocenters. The Morgan fingerprint density at radius 1 is 1.02 bits per heavy atom. The van der Waals surface area contributed by atoms with E-state index >= 15 is 0 Å². The number of rotatable bonds is 8. The standard InChI is InChI=1S/C30H29ClFN5O3S/c1-3-40-30(39)26-27(33-21-8-10-23(11-9-21)37-15-13-36(2)14-16-37)35-29(41-26)20-5-4-6-22(17-20)34-28(38)19-7-12-25(32)24(31)18-19/h4-12,17-18,33H,3,13-16H2,1-2H3,(H,34,38). The van der Waals surface area contributed by atoms with E-state index in [4.69, 9.17) is 21.3 Å². The monoisotopic (exact) mass is 593 g/mol. The third-order valence-corrected chi connectivity index (χ3v) is 8.01. The second-order valence-electron chi connectivity index (χ2n) is 9.54. The number of benzene rings is 3. The molecule has 0 radical (unpaired) electrons. The maximum Gasteiger partial charge on any atom is 0.352 e. The molecular formula is C30H29ClFN5O3S. The molecule has 1 fully saturated rings. The predicted molar refractivity (Wildman–Crippen MR) is 162 cm³/mol. The van der Waals surface area contributed by atoms with Gasteiger partial charge in [0.1, 0.15) is 10.8 Å². The average molecular weight is 594 g/mol.